The summed E-state index contributed by atoms with van der Waals surface area (Å²) in [6.07, 6.45) is 6.76. The molecule has 20 heavy (non-hydrogen) atoms. The van der Waals surface area contributed by atoms with Crippen LogP contribution in [0.1, 0.15) is 52.9 Å². The van der Waals surface area contributed by atoms with E-state index in [1.807, 2.05) is 0 Å². The van der Waals surface area contributed by atoms with E-state index in [4.69, 9.17) is 0 Å². The fourth-order valence-corrected chi connectivity index (χ4v) is 4.13. The minimum Gasteiger partial charge on any atom is -0.317 e. The van der Waals surface area contributed by atoms with Crippen molar-refractivity contribution >= 4 is 21.8 Å². The van der Waals surface area contributed by atoms with Crippen molar-refractivity contribution in [3.05, 3.63) is 0 Å². The smallest absolute Gasteiger partial charge is 0.211 e. The minimum atomic E-state index is -3.13. The molecule has 0 atom stereocenters. The molecular weight excluding hydrogens is 292 g/mol. The third-order valence-electron chi connectivity index (χ3n) is 3.78. The Bertz CT molecular complexity index is 320. The maximum Gasteiger partial charge on any atom is 0.211 e. The molecule has 0 aromatic rings. The highest BCUT2D eigenvalue weighted by atomic mass is 32.2. The Labute approximate surface area is 129 Å². The molecule has 0 saturated carbocycles. The number of unbranched alkanes of at least 4 members (excludes halogenated alkanes) is 1. The summed E-state index contributed by atoms with van der Waals surface area (Å²) in [5, 5.41) is 3.29. The summed E-state index contributed by atoms with van der Waals surface area (Å²) >= 11 is 1.76. The van der Waals surface area contributed by atoms with Crippen LogP contribution in [0.25, 0.3) is 0 Å². The average molecular weight is 325 g/mol. The molecule has 0 aromatic heterocycles. The van der Waals surface area contributed by atoms with E-state index >= 15 is 0 Å². The Morgan fingerprint density at radius 1 is 1.05 bits per heavy atom. The first-order valence-corrected chi connectivity index (χ1v) is 10.6. The Kier molecular flexibility index (Phi) is 11.0. The monoisotopic (exact) mass is 324 g/mol. The third kappa shape index (κ3) is 8.49. The van der Waals surface area contributed by atoms with Crippen LogP contribution in [0.15, 0.2) is 0 Å². The van der Waals surface area contributed by atoms with Gasteiger partial charge in [-0.1, -0.05) is 20.8 Å². The molecule has 0 rings (SSSR count). The fourth-order valence-electron chi connectivity index (χ4n) is 2.02. The van der Waals surface area contributed by atoms with Crippen LogP contribution in [-0.2, 0) is 10.0 Å². The lowest BCUT2D eigenvalue weighted by molar-refractivity contribution is 0.520. The maximum atomic E-state index is 12.0. The predicted octanol–water partition coefficient (Wildman–Crippen LogP) is 2.61. The second-order valence-corrected chi connectivity index (χ2v) is 8.39. The number of rotatable bonds is 13. The van der Waals surface area contributed by atoms with Crippen molar-refractivity contribution in [1.82, 2.24) is 10.0 Å². The Balaban J connectivity index is 4.01. The van der Waals surface area contributed by atoms with Gasteiger partial charge in [0.15, 0.2) is 0 Å². The molecule has 0 spiro atoms. The zero-order valence-electron chi connectivity index (χ0n) is 13.5. The van der Waals surface area contributed by atoms with Crippen LogP contribution in [0.3, 0.4) is 0 Å². The van der Waals surface area contributed by atoms with E-state index in [1.165, 1.54) is 0 Å². The topological polar surface area (TPSA) is 58.2 Å². The van der Waals surface area contributed by atoms with Crippen molar-refractivity contribution < 1.29 is 8.42 Å². The number of hydrogen-bond donors (Lipinski definition) is 2. The van der Waals surface area contributed by atoms with Crippen molar-refractivity contribution in [1.29, 1.82) is 0 Å². The van der Waals surface area contributed by atoms with Gasteiger partial charge in [0.05, 0.1) is 5.75 Å². The third-order valence-corrected chi connectivity index (χ3v) is 6.78. The highest BCUT2D eigenvalue weighted by molar-refractivity contribution is 8.00. The Hall–Kier alpha value is 0.220. The molecule has 0 saturated heterocycles. The first-order valence-electron chi connectivity index (χ1n) is 7.68. The molecule has 2 N–H and O–H groups in total. The second kappa shape index (κ2) is 10.9. The average Bonchev–Trinajstić information content (AvgIpc) is 2.45. The van der Waals surface area contributed by atoms with E-state index in [-0.39, 0.29) is 10.5 Å². The molecule has 0 aromatic carbocycles. The van der Waals surface area contributed by atoms with E-state index in [1.54, 1.807) is 11.8 Å². The van der Waals surface area contributed by atoms with E-state index in [9.17, 15) is 8.42 Å². The number of hydrogen-bond acceptors (Lipinski definition) is 4. The maximum absolute atomic E-state index is 12.0. The van der Waals surface area contributed by atoms with E-state index in [2.05, 4.69) is 37.1 Å². The fraction of sp³-hybridized carbons (Fsp3) is 1.00. The van der Waals surface area contributed by atoms with E-state index in [0.29, 0.717) is 6.54 Å². The second-order valence-electron chi connectivity index (χ2n) is 5.19. The standard InChI is InChI=1S/C14H32N2O2S2/c1-5-10-15-11-8-9-12-20(17,18)16-13-14(6-2,7-3)19-4/h15-16H,5-13H2,1-4H3. The summed E-state index contributed by atoms with van der Waals surface area (Å²) in [7, 11) is -3.13. The normalized spacial score (nSPS) is 12.8. The Morgan fingerprint density at radius 3 is 2.20 bits per heavy atom. The van der Waals surface area contributed by atoms with Crippen molar-refractivity contribution in [2.24, 2.45) is 0 Å². The van der Waals surface area contributed by atoms with E-state index in [0.717, 1.165) is 45.2 Å². The molecular formula is C14H32N2O2S2. The molecule has 0 radical (unpaired) electrons. The number of thioether (sulfide) groups is 1. The molecule has 122 valence electrons. The predicted molar refractivity (Wildman–Crippen MR) is 91.0 cm³/mol. The summed E-state index contributed by atoms with van der Waals surface area (Å²) in [6, 6.07) is 0. The highest BCUT2D eigenvalue weighted by Crippen LogP contribution is 2.29. The summed E-state index contributed by atoms with van der Waals surface area (Å²) < 4.78 is 26.8. The summed E-state index contributed by atoms with van der Waals surface area (Å²) in [5.41, 5.74) is 0. The van der Waals surface area contributed by atoms with Gasteiger partial charge in [0, 0.05) is 11.3 Å². The Morgan fingerprint density at radius 2 is 1.70 bits per heavy atom. The molecule has 0 heterocycles. The van der Waals surface area contributed by atoms with Crippen molar-refractivity contribution in [2.45, 2.75) is 57.6 Å². The lowest BCUT2D eigenvalue weighted by atomic mass is 10.0. The lowest BCUT2D eigenvalue weighted by Crippen LogP contribution is -2.40. The molecule has 0 aliphatic carbocycles. The molecule has 4 nitrogen and oxygen atoms in total. The van der Waals surface area contributed by atoms with Gasteiger partial charge in [-0.15, -0.1) is 0 Å². The van der Waals surface area contributed by atoms with Crippen LogP contribution in [0, 0.1) is 0 Å². The van der Waals surface area contributed by atoms with Crippen molar-refractivity contribution in [3.63, 3.8) is 0 Å². The van der Waals surface area contributed by atoms with Gasteiger partial charge in [-0.2, -0.15) is 11.8 Å². The van der Waals surface area contributed by atoms with Crippen LogP contribution < -0.4 is 10.0 Å². The van der Waals surface area contributed by atoms with Crippen molar-refractivity contribution in [2.75, 3.05) is 31.6 Å². The highest BCUT2D eigenvalue weighted by Gasteiger charge is 2.26. The molecule has 0 fully saturated rings. The van der Waals surface area contributed by atoms with Gasteiger partial charge in [0.1, 0.15) is 0 Å². The molecule has 0 aliphatic heterocycles. The van der Waals surface area contributed by atoms with Gasteiger partial charge in [0.25, 0.3) is 0 Å². The zero-order chi connectivity index (χ0) is 15.5. The first-order chi connectivity index (χ1) is 9.45. The van der Waals surface area contributed by atoms with Crippen LogP contribution in [0.4, 0.5) is 0 Å². The molecule has 0 amide bonds. The number of sulfonamides is 1. The SMILES string of the molecule is CCCNCCCCS(=O)(=O)NCC(CC)(CC)SC. The quantitative estimate of drug-likeness (QED) is 0.511. The molecule has 0 bridgehead atoms. The minimum absolute atomic E-state index is 0.0375. The zero-order valence-corrected chi connectivity index (χ0v) is 15.1. The van der Waals surface area contributed by atoms with Gasteiger partial charge in [-0.25, -0.2) is 13.1 Å². The number of nitrogens with one attached hydrogen (secondary N) is 2. The van der Waals surface area contributed by atoms with Gasteiger partial charge in [-0.3, -0.25) is 0 Å². The summed E-state index contributed by atoms with van der Waals surface area (Å²) in [6.45, 7) is 8.82. The molecule has 0 aliphatic rings. The van der Waals surface area contributed by atoms with Crippen LogP contribution in [-0.4, -0.2) is 44.8 Å². The van der Waals surface area contributed by atoms with Crippen LogP contribution >= 0.6 is 11.8 Å². The van der Waals surface area contributed by atoms with Crippen molar-refractivity contribution in [3.8, 4) is 0 Å². The van der Waals surface area contributed by atoms with Crippen LogP contribution in [0.2, 0.25) is 0 Å². The van der Waals surface area contributed by atoms with Gasteiger partial charge in [-0.05, 0) is 51.4 Å². The van der Waals surface area contributed by atoms with Gasteiger partial charge in [0.2, 0.25) is 10.0 Å². The first kappa shape index (κ1) is 20.2. The summed E-state index contributed by atoms with van der Waals surface area (Å²) in [4.78, 5) is 0. The summed E-state index contributed by atoms with van der Waals surface area (Å²) in [5.74, 6) is 0.235. The largest absolute Gasteiger partial charge is 0.317 e. The van der Waals surface area contributed by atoms with E-state index < -0.39 is 10.0 Å². The van der Waals surface area contributed by atoms with Crippen LogP contribution in [0.5, 0.6) is 0 Å². The molecule has 6 heteroatoms. The molecule has 0 unspecified atom stereocenters. The van der Waals surface area contributed by atoms with Gasteiger partial charge < -0.3 is 5.32 Å². The lowest BCUT2D eigenvalue weighted by Gasteiger charge is -2.29. The van der Waals surface area contributed by atoms with Gasteiger partial charge >= 0.3 is 0 Å².